The van der Waals surface area contributed by atoms with Gasteiger partial charge in [0.25, 0.3) is 5.91 Å². The lowest BCUT2D eigenvalue weighted by molar-refractivity contribution is -0.136. The first kappa shape index (κ1) is 15.9. The molecule has 0 aliphatic carbocycles. The fourth-order valence-electron chi connectivity index (χ4n) is 2.89. The molecule has 1 aromatic carbocycles. The zero-order valence-corrected chi connectivity index (χ0v) is 13.5. The molecule has 23 heavy (non-hydrogen) atoms. The minimum atomic E-state index is -0.820. The number of halogens is 1. The summed E-state index contributed by atoms with van der Waals surface area (Å²) in [6, 6.07) is 4.86. The average Bonchev–Trinajstić information content (AvgIpc) is 2.87. The Balaban J connectivity index is 1.92. The van der Waals surface area contributed by atoms with E-state index < -0.39 is 11.6 Å². The third kappa shape index (κ3) is 2.94. The highest BCUT2D eigenvalue weighted by Gasteiger charge is 2.33. The van der Waals surface area contributed by atoms with Crippen LogP contribution >= 0.6 is 0 Å². The number of rotatable bonds is 3. The van der Waals surface area contributed by atoms with Gasteiger partial charge in [-0.2, -0.15) is 5.10 Å². The number of fused-ring (bicyclic) bond motifs is 1. The molecule has 1 amide bonds. The van der Waals surface area contributed by atoms with Crippen LogP contribution in [0.2, 0.25) is 0 Å². The molecule has 0 saturated carbocycles. The number of ether oxygens (including phenoxy) is 1. The number of hydrogen-bond donors (Lipinski definition) is 2. The molecular formula is C16H21FN4O2. The van der Waals surface area contributed by atoms with Crippen LogP contribution in [-0.2, 0) is 22.1 Å². The highest BCUT2D eigenvalue weighted by molar-refractivity contribution is 5.86. The summed E-state index contributed by atoms with van der Waals surface area (Å²) in [4.78, 5) is 12.4. The lowest BCUT2D eigenvalue weighted by Crippen LogP contribution is -2.52. The second-order valence-electron chi connectivity index (χ2n) is 6.28. The third-order valence-electron chi connectivity index (χ3n) is 4.07. The lowest BCUT2D eigenvalue weighted by Gasteiger charge is -2.29. The predicted octanol–water partition coefficient (Wildman–Crippen LogP) is 1.05. The van der Waals surface area contributed by atoms with Crippen molar-refractivity contribution in [3.8, 4) is 0 Å². The Hall–Kier alpha value is -1.99. The molecule has 6 nitrogen and oxygen atoms in total. The number of nitrogens with zero attached hydrogens (tertiary/aromatic N) is 2. The monoisotopic (exact) mass is 320 g/mol. The normalized spacial score (nSPS) is 19.0. The zero-order valence-electron chi connectivity index (χ0n) is 13.5. The van der Waals surface area contributed by atoms with Crippen LogP contribution in [0.15, 0.2) is 18.2 Å². The van der Waals surface area contributed by atoms with Crippen molar-refractivity contribution in [3.05, 3.63) is 29.7 Å². The van der Waals surface area contributed by atoms with Crippen LogP contribution in [0.5, 0.6) is 0 Å². The van der Waals surface area contributed by atoms with Gasteiger partial charge < -0.3 is 15.4 Å². The van der Waals surface area contributed by atoms with E-state index in [9.17, 15) is 9.18 Å². The summed E-state index contributed by atoms with van der Waals surface area (Å²) in [5.41, 5.74) is 0.377. The number of amides is 1. The number of carbonyl (C=O) groups is 1. The predicted molar refractivity (Wildman–Crippen MR) is 84.5 cm³/mol. The van der Waals surface area contributed by atoms with Crippen molar-refractivity contribution >= 4 is 16.8 Å². The van der Waals surface area contributed by atoms with Crippen molar-refractivity contribution in [1.29, 1.82) is 0 Å². The Morgan fingerprint density at radius 3 is 3.00 bits per heavy atom. The van der Waals surface area contributed by atoms with Gasteiger partial charge in [0, 0.05) is 20.1 Å². The first-order valence-corrected chi connectivity index (χ1v) is 7.66. The van der Waals surface area contributed by atoms with E-state index in [4.69, 9.17) is 4.74 Å². The van der Waals surface area contributed by atoms with E-state index in [1.54, 1.807) is 23.9 Å². The molecule has 1 aliphatic heterocycles. The molecule has 1 aliphatic rings. The van der Waals surface area contributed by atoms with E-state index in [1.165, 1.54) is 6.07 Å². The summed E-state index contributed by atoms with van der Waals surface area (Å²) < 4.78 is 21.4. The number of carbonyl (C=O) groups excluding carboxylic acids is 1. The van der Waals surface area contributed by atoms with Gasteiger partial charge in [0.15, 0.2) is 0 Å². The summed E-state index contributed by atoms with van der Waals surface area (Å²) in [5.74, 6) is -0.569. The molecule has 1 atom stereocenters. The van der Waals surface area contributed by atoms with Crippen molar-refractivity contribution in [3.63, 3.8) is 0 Å². The zero-order chi connectivity index (χ0) is 16.6. The standard InChI is InChI=1S/C16H21FN4O2/c1-16(2,19-15(22)12-9-18-7-8-23-12)14-13-10(17)5-4-6-11(13)21(3)20-14/h4-6,12,18H,7-9H2,1-3H3,(H,19,22)/t12-/m0/s1. The molecule has 0 spiro atoms. The van der Waals surface area contributed by atoms with Crippen LogP contribution in [-0.4, -0.2) is 41.5 Å². The Bertz CT molecular complexity index is 735. The Morgan fingerprint density at radius 1 is 1.52 bits per heavy atom. The molecule has 1 fully saturated rings. The van der Waals surface area contributed by atoms with Gasteiger partial charge in [-0.3, -0.25) is 9.48 Å². The quantitative estimate of drug-likeness (QED) is 0.887. The number of aryl methyl sites for hydroxylation is 1. The molecule has 3 rings (SSSR count). The smallest absolute Gasteiger partial charge is 0.251 e. The summed E-state index contributed by atoms with van der Waals surface area (Å²) in [6.45, 7) is 5.34. The highest BCUT2D eigenvalue weighted by atomic mass is 19.1. The Morgan fingerprint density at radius 2 is 2.30 bits per heavy atom. The molecule has 0 radical (unpaired) electrons. The maximum atomic E-state index is 14.3. The van der Waals surface area contributed by atoms with Crippen LogP contribution in [0.4, 0.5) is 4.39 Å². The van der Waals surface area contributed by atoms with Crippen LogP contribution in [0.1, 0.15) is 19.5 Å². The van der Waals surface area contributed by atoms with Crippen molar-refractivity contribution in [2.45, 2.75) is 25.5 Å². The SMILES string of the molecule is Cn1nc(C(C)(C)NC(=O)[C@@H]2CNCCO2)c2c(F)cccc21. The number of hydrogen-bond acceptors (Lipinski definition) is 4. The third-order valence-corrected chi connectivity index (χ3v) is 4.07. The number of morpholine rings is 1. The van der Waals surface area contributed by atoms with Crippen molar-refractivity contribution < 1.29 is 13.9 Å². The topological polar surface area (TPSA) is 68.2 Å². The summed E-state index contributed by atoms with van der Waals surface area (Å²) in [6.07, 6.45) is -0.539. The van der Waals surface area contributed by atoms with Gasteiger partial charge in [0.2, 0.25) is 0 Å². The molecule has 7 heteroatoms. The van der Waals surface area contributed by atoms with Gasteiger partial charge in [-0.25, -0.2) is 4.39 Å². The molecule has 0 bridgehead atoms. The maximum Gasteiger partial charge on any atom is 0.251 e. The average molecular weight is 320 g/mol. The van der Waals surface area contributed by atoms with Crippen LogP contribution in [0, 0.1) is 5.82 Å². The van der Waals surface area contributed by atoms with Crippen LogP contribution in [0.3, 0.4) is 0 Å². The van der Waals surface area contributed by atoms with Crippen LogP contribution < -0.4 is 10.6 Å². The maximum absolute atomic E-state index is 14.3. The molecular weight excluding hydrogens is 299 g/mol. The first-order valence-electron chi connectivity index (χ1n) is 7.66. The second-order valence-corrected chi connectivity index (χ2v) is 6.28. The number of nitrogens with one attached hydrogen (secondary N) is 2. The van der Waals surface area contributed by atoms with Crippen molar-refractivity contribution in [1.82, 2.24) is 20.4 Å². The van der Waals surface area contributed by atoms with E-state index in [-0.39, 0.29) is 11.7 Å². The largest absolute Gasteiger partial charge is 0.366 e. The van der Waals surface area contributed by atoms with E-state index in [2.05, 4.69) is 15.7 Å². The van der Waals surface area contributed by atoms with Gasteiger partial charge >= 0.3 is 0 Å². The molecule has 1 saturated heterocycles. The minimum absolute atomic E-state index is 0.225. The molecule has 2 aromatic rings. The minimum Gasteiger partial charge on any atom is -0.366 e. The molecule has 124 valence electrons. The Kier molecular flexibility index (Phi) is 4.08. The van der Waals surface area contributed by atoms with Gasteiger partial charge in [0.05, 0.1) is 28.7 Å². The molecule has 1 aromatic heterocycles. The van der Waals surface area contributed by atoms with Crippen molar-refractivity contribution in [2.75, 3.05) is 19.7 Å². The first-order chi connectivity index (χ1) is 10.9. The summed E-state index contributed by atoms with van der Waals surface area (Å²) >= 11 is 0. The fourth-order valence-corrected chi connectivity index (χ4v) is 2.89. The van der Waals surface area contributed by atoms with E-state index >= 15 is 0 Å². The van der Waals surface area contributed by atoms with Crippen molar-refractivity contribution in [2.24, 2.45) is 7.05 Å². The number of aromatic nitrogens is 2. The molecule has 2 heterocycles. The Labute approximate surface area is 134 Å². The van der Waals surface area contributed by atoms with Gasteiger partial charge in [-0.05, 0) is 26.0 Å². The van der Waals surface area contributed by atoms with E-state index in [0.29, 0.717) is 29.7 Å². The summed E-state index contributed by atoms with van der Waals surface area (Å²) in [7, 11) is 1.76. The van der Waals surface area contributed by atoms with Gasteiger partial charge in [-0.15, -0.1) is 0 Å². The fraction of sp³-hybridized carbons (Fsp3) is 0.500. The van der Waals surface area contributed by atoms with Gasteiger partial charge in [-0.1, -0.05) is 6.07 Å². The van der Waals surface area contributed by atoms with Crippen LogP contribution in [0.25, 0.3) is 10.9 Å². The van der Waals surface area contributed by atoms with Gasteiger partial charge in [0.1, 0.15) is 11.9 Å². The second kappa shape index (κ2) is 5.90. The number of benzene rings is 1. The molecule has 2 N–H and O–H groups in total. The molecule has 0 unspecified atom stereocenters. The van der Waals surface area contributed by atoms with E-state index in [0.717, 1.165) is 6.54 Å². The highest BCUT2D eigenvalue weighted by Crippen LogP contribution is 2.29. The summed E-state index contributed by atoms with van der Waals surface area (Å²) in [5, 5.41) is 10.9. The van der Waals surface area contributed by atoms with E-state index in [1.807, 2.05) is 13.8 Å². The lowest BCUT2D eigenvalue weighted by atomic mass is 9.96.